The third kappa shape index (κ3) is 1.86. The van der Waals surface area contributed by atoms with Crippen LogP contribution in [0.3, 0.4) is 0 Å². The fourth-order valence-corrected chi connectivity index (χ4v) is 2.88. The van der Waals surface area contributed by atoms with Crippen molar-refractivity contribution in [3.05, 3.63) is 47.3 Å². The van der Waals surface area contributed by atoms with Gasteiger partial charge < -0.3 is 9.30 Å². The lowest BCUT2D eigenvalue weighted by atomic mass is 9.96. The fourth-order valence-electron chi connectivity index (χ4n) is 2.88. The Morgan fingerprint density at radius 1 is 1.21 bits per heavy atom. The molecule has 0 bridgehead atoms. The van der Waals surface area contributed by atoms with E-state index < -0.39 is 0 Å². The Morgan fingerprint density at radius 3 is 2.79 bits per heavy atom. The molecule has 0 fully saturated rings. The molecule has 0 spiro atoms. The minimum Gasteiger partial charge on any atom is -0.495 e. The summed E-state index contributed by atoms with van der Waals surface area (Å²) >= 11 is 0. The maximum absolute atomic E-state index is 12.0. The van der Waals surface area contributed by atoms with Gasteiger partial charge in [-0.25, -0.2) is 0 Å². The number of carbonyl (C=O) groups excluding carboxylic acids is 1. The average Bonchev–Trinajstić information content (AvgIpc) is 2.76. The second-order valence-electron chi connectivity index (χ2n) is 4.93. The number of benzene rings is 1. The Balaban J connectivity index is 2.23. The molecule has 0 saturated carbocycles. The summed E-state index contributed by atoms with van der Waals surface area (Å²) in [5.41, 5.74) is 4.11. The molecule has 0 saturated heterocycles. The van der Waals surface area contributed by atoms with Gasteiger partial charge in [-0.05, 0) is 38.0 Å². The summed E-state index contributed by atoms with van der Waals surface area (Å²) in [7, 11) is 1.68. The molecule has 0 aliphatic heterocycles. The lowest BCUT2D eigenvalue weighted by Crippen LogP contribution is -2.13. The summed E-state index contributed by atoms with van der Waals surface area (Å²) in [6, 6.07) is 9.94. The van der Waals surface area contributed by atoms with Crippen molar-refractivity contribution >= 4 is 5.78 Å². The van der Waals surface area contributed by atoms with Crippen molar-refractivity contribution in [2.45, 2.75) is 26.2 Å². The number of aryl methyl sites for hydroxylation is 1. The average molecular weight is 255 g/mol. The maximum Gasteiger partial charge on any atom is 0.164 e. The van der Waals surface area contributed by atoms with Gasteiger partial charge in [-0.2, -0.15) is 0 Å². The largest absolute Gasteiger partial charge is 0.495 e. The Labute approximate surface area is 112 Å². The van der Waals surface area contributed by atoms with E-state index in [2.05, 4.69) is 4.57 Å². The number of fused-ring (bicyclic) bond motifs is 1. The zero-order valence-electron chi connectivity index (χ0n) is 11.3. The minimum absolute atomic E-state index is 0.262. The Hall–Kier alpha value is -2.03. The van der Waals surface area contributed by atoms with Crippen molar-refractivity contribution in [3.8, 4) is 11.4 Å². The van der Waals surface area contributed by atoms with Crippen LogP contribution >= 0.6 is 0 Å². The number of nitrogens with zero attached hydrogens (tertiary/aromatic N) is 1. The number of ketones is 1. The van der Waals surface area contributed by atoms with Crippen LogP contribution in [0, 0.1) is 6.92 Å². The molecule has 0 radical (unpaired) electrons. The van der Waals surface area contributed by atoms with Crippen LogP contribution < -0.4 is 4.74 Å². The molecule has 1 aromatic carbocycles. The number of ether oxygens (including phenoxy) is 1. The third-order valence-electron chi connectivity index (χ3n) is 3.73. The summed E-state index contributed by atoms with van der Waals surface area (Å²) in [4.78, 5) is 12.0. The van der Waals surface area contributed by atoms with E-state index >= 15 is 0 Å². The van der Waals surface area contributed by atoms with Crippen LogP contribution in [-0.2, 0) is 6.42 Å². The van der Waals surface area contributed by atoms with E-state index in [0.29, 0.717) is 6.42 Å². The van der Waals surface area contributed by atoms with Gasteiger partial charge in [0.05, 0.1) is 12.8 Å². The molecular formula is C16H17NO2. The monoisotopic (exact) mass is 255 g/mol. The van der Waals surface area contributed by atoms with E-state index in [0.717, 1.165) is 41.2 Å². The predicted molar refractivity (Wildman–Crippen MR) is 74.3 cm³/mol. The molecule has 0 amide bonds. The molecule has 3 nitrogen and oxygen atoms in total. The first kappa shape index (κ1) is 12.0. The number of aromatic nitrogens is 1. The van der Waals surface area contributed by atoms with Gasteiger partial charge in [0.1, 0.15) is 5.75 Å². The molecule has 3 rings (SSSR count). The summed E-state index contributed by atoms with van der Waals surface area (Å²) in [6.07, 6.45) is 2.56. The SMILES string of the molecule is COc1ccccc1-n1c(C)cc2c1CCCC2=O. The quantitative estimate of drug-likeness (QED) is 0.824. The van der Waals surface area contributed by atoms with Crippen LogP contribution in [0.4, 0.5) is 0 Å². The van der Waals surface area contributed by atoms with Gasteiger partial charge in [-0.15, -0.1) is 0 Å². The summed E-state index contributed by atoms with van der Waals surface area (Å²) in [5, 5.41) is 0. The van der Waals surface area contributed by atoms with Gasteiger partial charge in [0, 0.05) is 23.4 Å². The molecule has 2 aromatic rings. The van der Waals surface area contributed by atoms with Crippen molar-refractivity contribution < 1.29 is 9.53 Å². The number of rotatable bonds is 2. The highest BCUT2D eigenvalue weighted by atomic mass is 16.5. The van der Waals surface area contributed by atoms with Gasteiger partial charge in [0.15, 0.2) is 5.78 Å². The Morgan fingerprint density at radius 2 is 2.00 bits per heavy atom. The normalized spacial score (nSPS) is 14.3. The summed E-state index contributed by atoms with van der Waals surface area (Å²) in [6.45, 7) is 2.04. The van der Waals surface area contributed by atoms with E-state index in [1.165, 1.54) is 0 Å². The summed E-state index contributed by atoms with van der Waals surface area (Å²) < 4.78 is 7.59. The molecule has 0 unspecified atom stereocenters. The van der Waals surface area contributed by atoms with Crippen LogP contribution in [0.15, 0.2) is 30.3 Å². The lowest BCUT2D eigenvalue weighted by Gasteiger charge is -2.18. The topological polar surface area (TPSA) is 31.2 Å². The number of carbonyl (C=O) groups is 1. The van der Waals surface area contributed by atoms with E-state index in [1.807, 2.05) is 37.3 Å². The lowest BCUT2D eigenvalue weighted by molar-refractivity contribution is 0.0972. The molecule has 3 heteroatoms. The van der Waals surface area contributed by atoms with E-state index in [4.69, 9.17) is 4.74 Å². The van der Waals surface area contributed by atoms with Crippen molar-refractivity contribution in [3.63, 3.8) is 0 Å². The van der Waals surface area contributed by atoms with E-state index in [9.17, 15) is 4.79 Å². The van der Waals surface area contributed by atoms with Crippen LogP contribution in [0.25, 0.3) is 5.69 Å². The van der Waals surface area contributed by atoms with Crippen molar-refractivity contribution in [2.75, 3.05) is 7.11 Å². The number of para-hydroxylation sites is 2. The molecule has 1 aliphatic rings. The van der Waals surface area contributed by atoms with Gasteiger partial charge in [-0.1, -0.05) is 12.1 Å². The molecule has 1 heterocycles. The number of hydrogen-bond acceptors (Lipinski definition) is 2. The Bertz CT molecular complexity index is 640. The second kappa shape index (κ2) is 4.57. The Kier molecular flexibility index (Phi) is 2.90. The van der Waals surface area contributed by atoms with E-state index in [-0.39, 0.29) is 5.78 Å². The minimum atomic E-state index is 0.262. The maximum atomic E-state index is 12.0. The predicted octanol–water partition coefficient (Wildman–Crippen LogP) is 3.31. The molecule has 0 N–H and O–H groups in total. The first-order valence-electron chi connectivity index (χ1n) is 6.60. The molecule has 19 heavy (non-hydrogen) atoms. The zero-order chi connectivity index (χ0) is 13.4. The van der Waals surface area contributed by atoms with Gasteiger partial charge in [0.25, 0.3) is 0 Å². The van der Waals surface area contributed by atoms with Crippen LogP contribution in [0.2, 0.25) is 0 Å². The third-order valence-corrected chi connectivity index (χ3v) is 3.73. The van der Waals surface area contributed by atoms with Gasteiger partial charge in [-0.3, -0.25) is 4.79 Å². The smallest absolute Gasteiger partial charge is 0.164 e. The van der Waals surface area contributed by atoms with Crippen LogP contribution in [0.5, 0.6) is 5.75 Å². The molecule has 1 aliphatic carbocycles. The molecule has 0 atom stereocenters. The van der Waals surface area contributed by atoms with Crippen LogP contribution in [0.1, 0.15) is 34.6 Å². The van der Waals surface area contributed by atoms with E-state index in [1.54, 1.807) is 7.11 Å². The van der Waals surface area contributed by atoms with Crippen molar-refractivity contribution in [1.82, 2.24) is 4.57 Å². The first-order valence-corrected chi connectivity index (χ1v) is 6.60. The van der Waals surface area contributed by atoms with Crippen molar-refractivity contribution in [2.24, 2.45) is 0 Å². The number of hydrogen-bond donors (Lipinski definition) is 0. The van der Waals surface area contributed by atoms with Crippen LogP contribution in [-0.4, -0.2) is 17.5 Å². The molecule has 1 aromatic heterocycles. The van der Waals surface area contributed by atoms with Gasteiger partial charge in [0.2, 0.25) is 0 Å². The molecule has 98 valence electrons. The van der Waals surface area contributed by atoms with Crippen molar-refractivity contribution in [1.29, 1.82) is 0 Å². The standard InChI is InChI=1S/C16H17NO2/c1-11-10-12-13(7-5-8-15(12)18)17(11)14-6-3-4-9-16(14)19-2/h3-4,6,9-10H,5,7-8H2,1-2H3. The first-order chi connectivity index (χ1) is 9.22. The fraction of sp³-hybridized carbons (Fsp3) is 0.312. The summed E-state index contributed by atoms with van der Waals surface area (Å²) in [5.74, 6) is 1.10. The number of Topliss-reactive ketones (excluding diaryl/α,β-unsaturated/α-hetero) is 1. The highest BCUT2D eigenvalue weighted by Crippen LogP contribution is 2.31. The highest BCUT2D eigenvalue weighted by Gasteiger charge is 2.24. The molecular weight excluding hydrogens is 238 g/mol. The second-order valence-corrected chi connectivity index (χ2v) is 4.93. The van der Waals surface area contributed by atoms with Gasteiger partial charge >= 0.3 is 0 Å². The zero-order valence-corrected chi connectivity index (χ0v) is 11.3. The number of methoxy groups -OCH3 is 1. The highest BCUT2D eigenvalue weighted by molar-refractivity contribution is 5.98.